The standard InChI is InChI=1S/C16H22N2O2/c1-15(2)11-7-8-16(15,3)14(9-11)17-12-5-4-6-13(10-12)18(19)20/h4-6,10-11,14,17H,7-9H2,1-3H3. The number of nitrogens with one attached hydrogen (secondary N) is 1. The van der Waals surface area contributed by atoms with Gasteiger partial charge in [0.1, 0.15) is 0 Å². The van der Waals surface area contributed by atoms with Gasteiger partial charge in [-0.2, -0.15) is 0 Å². The van der Waals surface area contributed by atoms with Crippen molar-refractivity contribution in [2.24, 2.45) is 16.7 Å². The van der Waals surface area contributed by atoms with Gasteiger partial charge in [-0.3, -0.25) is 10.1 Å². The Bertz CT molecular complexity index is 555. The lowest BCUT2D eigenvalue weighted by atomic mass is 9.69. The molecule has 3 rings (SSSR count). The molecule has 3 atom stereocenters. The van der Waals surface area contributed by atoms with Gasteiger partial charge >= 0.3 is 0 Å². The fraction of sp³-hybridized carbons (Fsp3) is 0.625. The second kappa shape index (κ2) is 4.21. The number of nitro benzene ring substituents is 1. The van der Waals surface area contributed by atoms with Gasteiger partial charge < -0.3 is 5.32 Å². The first-order chi connectivity index (χ1) is 9.34. The highest BCUT2D eigenvalue weighted by Crippen LogP contribution is 2.65. The highest BCUT2D eigenvalue weighted by Gasteiger charge is 2.61. The summed E-state index contributed by atoms with van der Waals surface area (Å²) in [6, 6.07) is 7.27. The van der Waals surface area contributed by atoms with Gasteiger partial charge in [-0.1, -0.05) is 26.8 Å². The molecule has 0 aromatic heterocycles. The normalized spacial score (nSPS) is 34.1. The quantitative estimate of drug-likeness (QED) is 0.663. The number of rotatable bonds is 3. The Labute approximate surface area is 119 Å². The van der Waals surface area contributed by atoms with Gasteiger partial charge in [0.2, 0.25) is 0 Å². The van der Waals surface area contributed by atoms with E-state index in [-0.39, 0.29) is 16.0 Å². The molecule has 0 spiro atoms. The van der Waals surface area contributed by atoms with Crippen LogP contribution in [0.25, 0.3) is 0 Å². The number of fused-ring (bicyclic) bond motifs is 2. The third kappa shape index (κ3) is 1.74. The minimum absolute atomic E-state index is 0.155. The number of benzene rings is 1. The molecule has 2 fully saturated rings. The third-order valence-corrected chi connectivity index (χ3v) is 6.19. The smallest absolute Gasteiger partial charge is 0.271 e. The Hall–Kier alpha value is -1.58. The van der Waals surface area contributed by atoms with Crippen molar-refractivity contribution in [1.82, 2.24) is 0 Å². The van der Waals surface area contributed by atoms with Gasteiger partial charge in [-0.15, -0.1) is 0 Å². The highest BCUT2D eigenvalue weighted by molar-refractivity contribution is 5.52. The topological polar surface area (TPSA) is 55.2 Å². The van der Waals surface area contributed by atoms with Crippen molar-refractivity contribution in [2.45, 2.75) is 46.1 Å². The molecule has 4 heteroatoms. The maximum atomic E-state index is 10.9. The van der Waals surface area contributed by atoms with Crippen molar-refractivity contribution < 1.29 is 4.92 Å². The van der Waals surface area contributed by atoms with E-state index in [1.807, 2.05) is 6.07 Å². The molecule has 2 saturated carbocycles. The molecule has 0 heterocycles. The Morgan fingerprint density at radius 2 is 2.10 bits per heavy atom. The molecule has 4 nitrogen and oxygen atoms in total. The van der Waals surface area contributed by atoms with Crippen molar-refractivity contribution in [3.05, 3.63) is 34.4 Å². The van der Waals surface area contributed by atoms with E-state index < -0.39 is 0 Å². The van der Waals surface area contributed by atoms with Crippen LogP contribution >= 0.6 is 0 Å². The number of hydrogen-bond donors (Lipinski definition) is 1. The molecule has 1 aromatic carbocycles. The maximum Gasteiger partial charge on any atom is 0.271 e. The van der Waals surface area contributed by atoms with E-state index in [1.54, 1.807) is 12.1 Å². The van der Waals surface area contributed by atoms with Crippen molar-refractivity contribution in [1.29, 1.82) is 0 Å². The Balaban J connectivity index is 1.83. The Morgan fingerprint density at radius 3 is 2.65 bits per heavy atom. The highest BCUT2D eigenvalue weighted by atomic mass is 16.6. The zero-order valence-corrected chi connectivity index (χ0v) is 12.3. The molecule has 2 aliphatic carbocycles. The first kappa shape index (κ1) is 13.4. The molecule has 1 N–H and O–H groups in total. The van der Waals surface area contributed by atoms with Gasteiger partial charge in [0, 0.05) is 23.9 Å². The number of anilines is 1. The molecule has 0 saturated heterocycles. The van der Waals surface area contributed by atoms with Crippen LogP contribution in [0.2, 0.25) is 0 Å². The van der Waals surface area contributed by atoms with E-state index in [2.05, 4.69) is 26.1 Å². The fourth-order valence-corrected chi connectivity index (χ4v) is 4.33. The van der Waals surface area contributed by atoms with Gasteiger partial charge in [0.25, 0.3) is 5.69 Å². The largest absolute Gasteiger partial charge is 0.382 e. The van der Waals surface area contributed by atoms with E-state index in [9.17, 15) is 10.1 Å². The van der Waals surface area contributed by atoms with Crippen LogP contribution in [0.5, 0.6) is 0 Å². The summed E-state index contributed by atoms with van der Waals surface area (Å²) in [6.07, 6.45) is 3.74. The van der Waals surface area contributed by atoms with Crippen molar-refractivity contribution in [3.63, 3.8) is 0 Å². The molecule has 2 aliphatic rings. The van der Waals surface area contributed by atoms with Crippen molar-refractivity contribution >= 4 is 11.4 Å². The van der Waals surface area contributed by atoms with E-state index in [4.69, 9.17) is 0 Å². The van der Waals surface area contributed by atoms with Crippen LogP contribution in [-0.4, -0.2) is 11.0 Å². The van der Waals surface area contributed by atoms with Gasteiger partial charge in [-0.05, 0) is 42.1 Å². The second-order valence-electron chi connectivity index (χ2n) is 7.11. The molecule has 20 heavy (non-hydrogen) atoms. The van der Waals surface area contributed by atoms with Gasteiger partial charge in [0.05, 0.1) is 4.92 Å². The Morgan fingerprint density at radius 1 is 1.35 bits per heavy atom. The lowest BCUT2D eigenvalue weighted by Crippen LogP contribution is -2.40. The minimum Gasteiger partial charge on any atom is -0.382 e. The predicted octanol–water partition coefficient (Wildman–Crippen LogP) is 4.22. The summed E-state index contributed by atoms with van der Waals surface area (Å²) < 4.78 is 0. The minimum atomic E-state index is -0.336. The van der Waals surface area contributed by atoms with E-state index in [0.29, 0.717) is 11.5 Å². The van der Waals surface area contributed by atoms with Crippen LogP contribution in [0.1, 0.15) is 40.0 Å². The number of hydrogen-bond acceptors (Lipinski definition) is 3. The predicted molar refractivity (Wildman–Crippen MR) is 79.7 cm³/mol. The molecular formula is C16H22N2O2. The summed E-state index contributed by atoms with van der Waals surface area (Å²) >= 11 is 0. The van der Waals surface area contributed by atoms with Crippen LogP contribution in [0.4, 0.5) is 11.4 Å². The average Bonchev–Trinajstić information content (AvgIpc) is 2.72. The van der Waals surface area contributed by atoms with E-state index >= 15 is 0 Å². The molecule has 3 unspecified atom stereocenters. The first-order valence-corrected chi connectivity index (χ1v) is 7.35. The van der Waals surface area contributed by atoms with E-state index in [1.165, 1.54) is 25.3 Å². The summed E-state index contributed by atoms with van der Waals surface area (Å²) in [6.45, 7) is 7.12. The van der Waals surface area contributed by atoms with Crippen LogP contribution in [0.15, 0.2) is 24.3 Å². The summed E-state index contributed by atoms with van der Waals surface area (Å²) in [4.78, 5) is 10.5. The zero-order valence-electron chi connectivity index (χ0n) is 12.3. The van der Waals surface area contributed by atoms with Crippen LogP contribution in [-0.2, 0) is 0 Å². The van der Waals surface area contributed by atoms with Gasteiger partial charge in [-0.25, -0.2) is 0 Å². The molecule has 108 valence electrons. The van der Waals surface area contributed by atoms with E-state index in [0.717, 1.165) is 11.6 Å². The third-order valence-electron chi connectivity index (χ3n) is 6.19. The zero-order chi connectivity index (χ0) is 14.5. The summed E-state index contributed by atoms with van der Waals surface area (Å²) in [5, 5.41) is 14.4. The maximum absolute atomic E-state index is 10.9. The summed E-state index contributed by atoms with van der Waals surface area (Å²) in [5.41, 5.74) is 1.66. The Kier molecular flexibility index (Phi) is 2.82. The lowest BCUT2D eigenvalue weighted by molar-refractivity contribution is -0.384. The number of nitrogens with zero attached hydrogens (tertiary/aromatic N) is 1. The molecular weight excluding hydrogens is 252 g/mol. The molecule has 1 aromatic rings. The number of non-ortho nitro benzene ring substituents is 1. The summed E-state index contributed by atoms with van der Waals surface area (Å²) in [5.74, 6) is 0.767. The van der Waals surface area contributed by atoms with Gasteiger partial charge in [0.15, 0.2) is 0 Å². The molecule has 0 aliphatic heterocycles. The molecule has 2 bridgehead atoms. The molecule has 0 radical (unpaired) electrons. The van der Waals surface area contributed by atoms with Crippen molar-refractivity contribution in [2.75, 3.05) is 5.32 Å². The second-order valence-corrected chi connectivity index (χ2v) is 7.11. The number of nitro groups is 1. The lowest BCUT2D eigenvalue weighted by Gasteiger charge is -2.39. The van der Waals surface area contributed by atoms with Crippen LogP contribution in [0.3, 0.4) is 0 Å². The SMILES string of the molecule is CC1(C)C2CCC1(C)C(Nc1cccc([N+](=O)[O-])c1)C2. The first-order valence-electron chi connectivity index (χ1n) is 7.35. The summed E-state index contributed by atoms with van der Waals surface area (Å²) in [7, 11) is 0. The average molecular weight is 274 g/mol. The van der Waals surface area contributed by atoms with Crippen LogP contribution in [0, 0.1) is 26.9 Å². The monoisotopic (exact) mass is 274 g/mol. The van der Waals surface area contributed by atoms with Crippen LogP contribution < -0.4 is 5.32 Å². The molecule has 0 amide bonds. The fourth-order valence-electron chi connectivity index (χ4n) is 4.33. The van der Waals surface area contributed by atoms with Crippen molar-refractivity contribution in [3.8, 4) is 0 Å².